The Hall–Kier alpha value is -4.86. The molecule has 0 bridgehead atoms. The summed E-state index contributed by atoms with van der Waals surface area (Å²) >= 11 is 0. The number of nitrogens with zero attached hydrogens (tertiary/aromatic N) is 6. The number of hydrogen-bond acceptors (Lipinski definition) is 6. The predicted molar refractivity (Wildman–Crippen MR) is 142 cm³/mol. The van der Waals surface area contributed by atoms with Gasteiger partial charge in [-0.25, -0.2) is 9.97 Å². The second kappa shape index (κ2) is 8.37. The standard InChI is InChI=1S/C27H25N9O/c1-15-13-36(14-30-15)22-7-5-6-19-24(22)33-25(32-19)23-18-9-20(29-12-21(18)34-35-23)16-8-17(11-28-10-16)31-26(37)27(2,3)4/h5-14H,1-4H3,(H,31,37)(H,32,33)(H,34,35). The molecule has 0 spiro atoms. The second-order valence-electron chi connectivity index (χ2n) is 10.0. The van der Waals surface area contributed by atoms with Gasteiger partial charge in [0.2, 0.25) is 5.91 Å². The summed E-state index contributed by atoms with van der Waals surface area (Å²) < 4.78 is 1.96. The molecule has 3 N–H and O–H groups in total. The maximum atomic E-state index is 12.4. The number of anilines is 1. The fourth-order valence-electron chi connectivity index (χ4n) is 4.11. The first kappa shape index (κ1) is 22.6. The third-order valence-corrected chi connectivity index (χ3v) is 6.13. The van der Waals surface area contributed by atoms with Crippen LogP contribution in [-0.2, 0) is 4.79 Å². The third kappa shape index (κ3) is 4.12. The van der Waals surface area contributed by atoms with Crippen molar-refractivity contribution in [3.8, 4) is 28.5 Å². The van der Waals surface area contributed by atoms with Crippen molar-refractivity contribution in [1.82, 2.24) is 39.7 Å². The van der Waals surface area contributed by atoms with Gasteiger partial charge in [-0.1, -0.05) is 26.8 Å². The summed E-state index contributed by atoms with van der Waals surface area (Å²) in [5.74, 6) is 0.564. The smallest absolute Gasteiger partial charge is 0.229 e. The van der Waals surface area contributed by atoms with Gasteiger partial charge in [-0.15, -0.1) is 0 Å². The lowest BCUT2D eigenvalue weighted by molar-refractivity contribution is -0.123. The molecule has 10 heteroatoms. The quantitative estimate of drug-likeness (QED) is 0.317. The molecular weight excluding hydrogens is 466 g/mol. The first-order chi connectivity index (χ1) is 17.8. The summed E-state index contributed by atoms with van der Waals surface area (Å²) in [6.45, 7) is 7.56. The number of aromatic nitrogens is 8. The molecule has 0 saturated heterocycles. The lowest BCUT2D eigenvalue weighted by Gasteiger charge is -2.17. The minimum absolute atomic E-state index is 0.0814. The van der Waals surface area contributed by atoms with Gasteiger partial charge in [0.1, 0.15) is 11.2 Å². The van der Waals surface area contributed by atoms with Crippen LogP contribution in [-0.4, -0.2) is 45.6 Å². The van der Waals surface area contributed by atoms with Crippen LogP contribution in [0.4, 0.5) is 5.69 Å². The average molecular weight is 492 g/mol. The molecule has 0 fully saturated rings. The van der Waals surface area contributed by atoms with Gasteiger partial charge >= 0.3 is 0 Å². The maximum Gasteiger partial charge on any atom is 0.229 e. The van der Waals surface area contributed by atoms with E-state index in [9.17, 15) is 4.79 Å². The van der Waals surface area contributed by atoms with Crippen molar-refractivity contribution < 1.29 is 4.79 Å². The number of hydrogen-bond donors (Lipinski definition) is 3. The van der Waals surface area contributed by atoms with Crippen molar-refractivity contribution in [2.45, 2.75) is 27.7 Å². The Kier molecular flexibility index (Phi) is 5.11. The van der Waals surface area contributed by atoms with E-state index in [-0.39, 0.29) is 5.91 Å². The molecule has 6 aromatic rings. The molecule has 1 aromatic carbocycles. The van der Waals surface area contributed by atoms with Crippen LogP contribution in [0.2, 0.25) is 0 Å². The Bertz CT molecular complexity index is 1780. The summed E-state index contributed by atoms with van der Waals surface area (Å²) in [5.41, 5.74) is 6.66. The summed E-state index contributed by atoms with van der Waals surface area (Å²) in [5, 5.41) is 11.4. The molecular formula is C27H25N9O. The molecule has 0 aliphatic carbocycles. The molecule has 0 atom stereocenters. The highest BCUT2D eigenvalue weighted by Gasteiger charge is 2.21. The highest BCUT2D eigenvalue weighted by Crippen LogP contribution is 2.31. The third-order valence-electron chi connectivity index (χ3n) is 6.13. The van der Waals surface area contributed by atoms with E-state index in [4.69, 9.17) is 4.98 Å². The molecule has 10 nitrogen and oxygen atoms in total. The van der Waals surface area contributed by atoms with Gasteiger partial charge < -0.3 is 14.9 Å². The molecule has 0 unspecified atom stereocenters. The van der Waals surface area contributed by atoms with E-state index >= 15 is 0 Å². The zero-order valence-corrected chi connectivity index (χ0v) is 20.9. The monoisotopic (exact) mass is 491 g/mol. The van der Waals surface area contributed by atoms with Gasteiger partial charge in [-0.3, -0.25) is 19.9 Å². The van der Waals surface area contributed by atoms with E-state index in [0.717, 1.165) is 38.9 Å². The van der Waals surface area contributed by atoms with Crippen LogP contribution in [0.5, 0.6) is 0 Å². The number of fused-ring (bicyclic) bond motifs is 2. The van der Waals surface area contributed by atoms with Crippen molar-refractivity contribution in [2.24, 2.45) is 5.41 Å². The molecule has 5 aromatic heterocycles. The van der Waals surface area contributed by atoms with Gasteiger partial charge in [-0.2, -0.15) is 5.10 Å². The Morgan fingerprint density at radius 3 is 2.70 bits per heavy atom. The first-order valence-corrected chi connectivity index (χ1v) is 11.9. The number of carbonyl (C=O) groups excluding carboxylic acids is 1. The number of pyridine rings is 2. The molecule has 6 rings (SSSR count). The topological polar surface area (TPSA) is 130 Å². The molecule has 0 saturated carbocycles. The summed E-state index contributed by atoms with van der Waals surface area (Å²) in [6.07, 6.45) is 8.84. The van der Waals surface area contributed by atoms with Crippen LogP contribution >= 0.6 is 0 Å². The van der Waals surface area contributed by atoms with Crippen LogP contribution < -0.4 is 5.32 Å². The maximum absolute atomic E-state index is 12.4. The summed E-state index contributed by atoms with van der Waals surface area (Å²) in [4.78, 5) is 34.0. The van der Waals surface area contributed by atoms with Gasteiger partial charge in [-0.05, 0) is 31.2 Å². The number of benzene rings is 1. The highest BCUT2D eigenvalue weighted by atomic mass is 16.2. The van der Waals surface area contributed by atoms with Gasteiger partial charge in [0.25, 0.3) is 0 Å². The number of carbonyl (C=O) groups is 1. The molecule has 184 valence electrons. The number of aromatic amines is 2. The van der Waals surface area contributed by atoms with Crippen molar-refractivity contribution in [1.29, 1.82) is 0 Å². The molecule has 0 radical (unpaired) electrons. The number of amides is 1. The Balaban J connectivity index is 1.40. The molecule has 37 heavy (non-hydrogen) atoms. The van der Waals surface area contributed by atoms with Crippen LogP contribution in [0.15, 0.2) is 61.4 Å². The van der Waals surface area contributed by atoms with Gasteiger partial charge in [0, 0.05) is 28.8 Å². The van der Waals surface area contributed by atoms with Crippen LogP contribution in [0.25, 0.3) is 50.4 Å². The van der Waals surface area contributed by atoms with Crippen LogP contribution in [0.1, 0.15) is 26.5 Å². The van der Waals surface area contributed by atoms with E-state index in [1.54, 1.807) is 24.9 Å². The first-order valence-electron chi connectivity index (χ1n) is 11.9. The van der Waals surface area contributed by atoms with E-state index in [1.165, 1.54) is 0 Å². The summed E-state index contributed by atoms with van der Waals surface area (Å²) in [6, 6.07) is 9.80. The number of aryl methyl sites for hydroxylation is 1. The van der Waals surface area contributed by atoms with Crippen molar-refractivity contribution in [3.63, 3.8) is 0 Å². The van der Waals surface area contributed by atoms with Crippen molar-refractivity contribution in [3.05, 3.63) is 67.1 Å². The fourth-order valence-corrected chi connectivity index (χ4v) is 4.11. The van der Waals surface area contributed by atoms with Crippen molar-refractivity contribution in [2.75, 3.05) is 5.32 Å². The molecule has 5 heterocycles. The Morgan fingerprint density at radius 2 is 1.92 bits per heavy atom. The number of H-pyrrole nitrogens is 2. The Labute approximate surface area is 212 Å². The van der Waals surface area contributed by atoms with Crippen LogP contribution in [0.3, 0.4) is 0 Å². The Morgan fingerprint density at radius 1 is 1.05 bits per heavy atom. The van der Waals surface area contributed by atoms with Gasteiger partial charge in [0.05, 0.1) is 52.5 Å². The fraction of sp³-hybridized carbons (Fsp3) is 0.185. The minimum atomic E-state index is -0.512. The highest BCUT2D eigenvalue weighted by molar-refractivity contribution is 5.97. The number of para-hydroxylation sites is 1. The average Bonchev–Trinajstić information content (AvgIpc) is 3.60. The van der Waals surface area contributed by atoms with Crippen molar-refractivity contribution >= 4 is 33.5 Å². The SMILES string of the molecule is Cc1cn(-c2cccc3[nH]c(-c4n[nH]c5cnc(-c6cncc(NC(=O)C(C)(C)C)c6)cc45)nc23)cn1. The largest absolute Gasteiger partial charge is 0.336 e. The number of nitrogens with one attached hydrogen (secondary N) is 3. The van der Waals surface area contributed by atoms with E-state index in [0.29, 0.717) is 22.9 Å². The molecule has 0 aliphatic heterocycles. The molecule has 0 aliphatic rings. The lowest BCUT2D eigenvalue weighted by Crippen LogP contribution is -2.27. The minimum Gasteiger partial charge on any atom is -0.336 e. The van der Waals surface area contributed by atoms with E-state index < -0.39 is 5.41 Å². The lowest BCUT2D eigenvalue weighted by atomic mass is 9.95. The molecule has 1 amide bonds. The number of imidazole rings is 2. The van der Waals surface area contributed by atoms with E-state index in [1.807, 2.05) is 68.8 Å². The second-order valence-corrected chi connectivity index (χ2v) is 10.0. The van der Waals surface area contributed by atoms with Crippen LogP contribution in [0, 0.1) is 12.3 Å². The zero-order valence-electron chi connectivity index (χ0n) is 20.9. The normalized spacial score (nSPS) is 11.9. The van der Waals surface area contributed by atoms with Gasteiger partial charge in [0.15, 0.2) is 5.82 Å². The van der Waals surface area contributed by atoms with E-state index in [2.05, 4.69) is 35.5 Å². The zero-order chi connectivity index (χ0) is 25.7. The summed E-state index contributed by atoms with van der Waals surface area (Å²) in [7, 11) is 0. The predicted octanol–water partition coefficient (Wildman–Crippen LogP) is 5.04. The number of rotatable bonds is 4.